The first-order chi connectivity index (χ1) is 9.63. The quantitative estimate of drug-likeness (QED) is 0.672. The molecule has 112 valence electrons. The van der Waals surface area contributed by atoms with Gasteiger partial charge in [-0.1, -0.05) is 0 Å². The number of nitrogens with two attached hydrogens (primary N) is 1. The summed E-state index contributed by atoms with van der Waals surface area (Å²) in [6, 6.07) is 4.80. The van der Waals surface area contributed by atoms with Crippen molar-refractivity contribution in [2.45, 2.75) is 18.9 Å². The Bertz CT molecular complexity index is 658. The highest BCUT2D eigenvalue weighted by atomic mass is 35.5. The highest BCUT2D eigenvalue weighted by Gasteiger charge is 2.18. The predicted octanol–water partition coefficient (Wildman–Crippen LogP) is 1.89. The van der Waals surface area contributed by atoms with Crippen LogP contribution >= 0.6 is 12.4 Å². The smallest absolute Gasteiger partial charge is 0.271 e. The fourth-order valence-electron chi connectivity index (χ4n) is 2.38. The van der Waals surface area contributed by atoms with Gasteiger partial charge in [0.25, 0.3) is 5.69 Å². The molecule has 7 nitrogen and oxygen atoms in total. The third-order valence-corrected chi connectivity index (χ3v) is 3.59. The summed E-state index contributed by atoms with van der Waals surface area (Å²) in [7, 11) is 0. The van der Waals surface area contributed by atoms with Crippen LogP contribution in [0.2, 0.25) is 0 Å². The number of fused-ring (bicyclic) bond motifs is 1. The number of nitro benzene ring substituents is 1. The van der Waals surface area contributed by atoms with Crippen LogP contribution in [0.1, 0.15) is 12.8 Å². The minimum absolute atomic E-state index is 0. The molecule has 2 heterocycles. The Labute approximate surface area is 127 Å². The SMILES string of the molecule is Cl.NC1CCN(c2cnc3cc([N+](=O)[O-])ccc3n2)CC1. The van der Waals surface area contributed by atoms with Crippen LogP contribution < -0.4 is 10.6 Å². The molecular weight excluding hydrogens is 294 g/mol. The highest BCUT2D eigenvalue weighted by Crippen LogP contribution is 2.22. The van der Waals surface area contributed by atoms with Crippen LogP contribution in [0.25, 0.3) is 11.0 Å². The number of anilines is 1. The number of halogens is 1. The molecule has 2 aromatic rings. The van der Waals surface area contributed by atoms with Crippen molar-refractivity contribution in [3.8, 4) is 0 Å². The average Bonchev–Trinajstić information content (AvgIpc) is 2.47. The lowest BCUT2D eigenvalue weighted by Crippen LogP contribution is -2.40. The number of benzene rings is 1. The molecule has 1 saturated heterocycles. The lowest BCUT2D eigenvalue weighted by Gasteiger charge is -2.30. The summed E-state index contributed by atoms with van der Waals surface area (Å²) in [4.78, 5) is 21.3. The van der Waals surface area contributed by atoms with E-state index < -0.39 is 4.92 Å². The van der Waals surface area contributed by atoms with Gasteiger partial charge >= 0.3 is 0 Å². The molecule has 0 atom stereocenters. The molecule has 2 N–H and O–H groups in total. The van der Waals surface area contributed by atoms with E-state index in [0.717, 1.165) is 31.7 Å². The van der Waals surface area contributed by atoms with Gasteiger partial charge in [0.05, 0.1) is 22.2 Å². The second kappa shape index (κ2) is 6.19. The molecule has 0 radical (unpaired) electrons. The Morgan fingerprint density at radius 1 is 1.29 bits per heavy atom. The van der Waals surface area contributed by atoms with Gasteiger partial charge in [-0.2, -0.15) is 0 Å². The molecule has 0 bridgehead atoms. The Morgan fingerprint density at radius 2 is 2.00 bits per heavy atom. The molecule has 0 aliphatic carbocycles. The van der Waals surface area contributed by atoms with Crippen LogP contribution in [0.3, 0.4) is 0 Å². The van der Waals surface area contributed by atoms with Gasteiger partial charge in [0.1, 0.15) is 5.82 Å². The number of nitro groups is 1. The van der Waals surface area contributed by atoms with Crippen LogP contribution in [0.15, 0.2) is 24.4 Å². The van der Waals surface area contributed by atoms with Gasteiger partial charge in [-0.3, -0.25) is 15.1 Å². The second-order valence-corrected chi connectivity index (χ2v) is 4.98. The van der Waals surface area contributed by atoms with Crippen molar-refractivity contribution in [1.82, 2.24) is 9.97 Å². The van der Waals surface area contributed by atoms with Gasteiger partial charge in [0.15, 0.2) is 0 Å². The fraction of sp³-hybridized carbons (Fsp3) is 0.385. The van der Waals surface area contributed by atoms with Crippen molar-refractivity contribution >= 4 is 34.9 Å². The summed E-state index contributed by atoms with van der Waals surface area (Å²) >= 11 is 0. The van der Waals surface area contributed by atoms with E-state index in [9.17, 15) is 10.1 Å². The monoisotopic (exact) mass is 309 g/mol. The topological polar surface area (TPSA) is 98.2 Å². The summed E-state index contributed by atoms with van der Waals surface area (Å²) in [6.45, 7) is 1.74. The Hall–Kier alpha value is -1.99. The van der Waals surface area contributed by atoms with Gasteiger partial charge in [-0.05, 0) is 18.9 Å². The molecule has 0 unspecified atom stereocenters. The molecule has 1 fully saturated rings. The number of non-ortho nitro benzene ring substituents is 1. The number of aromatic nitrogens is 2. The number of hydrogen-bond donors (Lipinski definition) is 1. The summed E-state index contributed by atoms with van der Waals surface area (Å²) in [6.07, 6.45) is 3.56. The van der Waals surface area contributed by atoms with Crippen LogP contribution in [-0.4, -0.2) is 34.0 Å². The summed E-state index contributed by atoms with van der Waals surface area (Å²) in [5.74, 6) is 0.804. The van der Waals surface area contributed by atoms with Gasteiger partial charge < -0.3 is 10.6 Å². The normalized spacial score (nSPS) is 15.8. The summed E-state index contributed by atoms with van der Waals surface area (Å²) in [5.41, 5.74) is 7.12. The second-order valence-electron chi connectivity index (χ2n) is 4.98. The molecule has 0 saturated carbocycles. The van der Waals surface area contributed by atoms with E-state index in [1.807, 2.05) is 0 Å². The Balaban J connectivity index is 0.00000161. The lowest BCUT2D eigenvalue weighted by molar-refractivity contribution is -0.384. The van der Waals surface area contributed by atoms with Gasteiger partial charge in [-0.15, -0.1) is 12.4 Å². The molecular formula is C13H16ClN5O2. The van der Waals surface area contributed by atoms with Crippen LogP contribution in [0.4, 0.5) is 11.5 Å². The minimum Gasteiger partial charge on any atom is -0.355 e. The zero-order chi connectivity index (χ0) is 14.1. The van der Waals surface area contributed by atoms with E-state index in [-0.39, 0.29) is 24.1 Å². The molecule has 1 aliphatic rings. The number of hydrogen-bond acceptors (Lipinski definition) is 6. The molecule has 8 heteroatoms. The van der Waals surface area contributed by atoms with Crippen molar-refractivity contribution in [3.63, 3.8) is 0 Å². The molecule has 1 aliphatic heterocycles. The van der Waals surface area contributed by atoms with E-state index in [4.69, 9.17) is 5.73 Å². The van der Waals surface area contributed by atoms with Crippen molar-refractivity contribution < 1.29 is 4.92 Å². The first-order valence-corrected chi connectivity index (χ1v) is 6.55. The highest BCUT2D eigenvalue weighted by molar-refractivity contribution is 5.85. The van der Waals surface area contributed by atoms with Crippen molar-refractivity contribution in [2.75, 3.05) is 18.0 Å². The van der Waals surface area contributed by atoms with E-state index in [2.05, 4.69) is 14.9 Å². The third kappa shape index (κ3) is 3.20. The molecule has 1 aromatic carbocycles. The Morgan fingerprint density at radius 3 is 2.67 bits per heavy atom. The predicted molar refractivity (Wildman–Crippen MR) is 82.9 cm³/mol. The van der Waals surface area contributed by atoms with E-state index >= 15 is 0 Å². The maximum absolute atomic E-state index is 10.7. The maximum Gasteiger partial charge on any atom is 0.271 e. The average molecular weight is 310 g/mol. The van der Waals surface area contributed by atoms with E-state index in [1.54, 1.807) is 12.3 Å². The zero-order valence-corrected chi connectivity index (χ0v) is 12.1. The van der Waals surface area contributed by atoms with Crippen LogP contribution in [0.5, 0.6) is 0 Å². The standard InChI is InChI=1S/C13H15N5O2.ClH/c14-9-3-5-17(6-4-9)13-8-15-12-7-10(18(19)20)1-2-11(12)16-13;/h1-2,7-9H,3-6,14H2;1H. The minimum atomic E-state index is -0.430. The van der Waals surface area contributed by atoms with Crippen LogP contribution in [0, 0.1) is 10.1 Å². The van der Waals surface area contributed by atoms with Crippen LogP contribution in [-0.2, 0) is 0 Å². The van der Waals surface area contributed by atoms with Gasteiger partial charge in [-0.25, -0.2) is 4.98 Å². The van der Waals surface area contributed by atoms with E-state index in [0.29, 0.717) is 11.0 Å². The zero-order valence-electron chi connectivity index (χ0n) is 11.3. The number of rotatable bonds is 2. The van der Waals surface area contributed by atoms with Crippen molar-refractivity contribution in [3.05, 3.63) is 34.5 Å². The maximum atomic E-state index is 10.7. The molecule has 3 rings (SSSR count). The molecule has 21 heavy (non-hydrogen) atoms. The van der Waals surface area contributed by atoms with Gasteiger partial charge in [0, 0.05) is 31.3 Å². The Kier molecular flexibility index (Phi) is 4.54. The summed E-state index contributed by atoms with van der Waals surface area (Å²) < 4.78 is 0. The largest absolute Gasteiger partial charge is 0.355 e. The number of nitrogens with zero attached hydrogens (tertiary/aromatic N) is 4. The molecule has 1 aromatic heterocycles. The van der Waals surface area contributed by atoms with Gasteiger partial charge in [0.2, 0.25) is 0 Å². The molecule has 0 amide bonds. The summed E-state index contributed by atoms with van der Waals surface area (Å²) in [5, 5.41) is 10.7. The molecule has 0 spiro atoms. The lowest BCUT2D eigenvalue weighted by atomic mass is 10.1. The third-order valence-electron chi connectivity index (χ3n) is 3.59. The first kappa shape index (κ1) is 15.4. The van der Waals surface area contributed by atoms with Crippen molar-refractivity contribution in [1.29, 1.82) is 0 Å². The van der Waals surface area contributed by atoms with Crippen molar-refractivity contribution in [2.24, 2.45) is 5.73 Å². The fourth-order valence-corrected chi connectivity index (χ4v) is 2.38. The number of piperidine rings is 1. The first-order valence-electron chi connectivity index (χ1n) is 6.55. The van der Waals surface area contributed by atoms with E-state index in [1.165, 1.54) is 12.1 Å².